The molecule has 3 N–H and O–H groups in total. The third kappa shape index (κ3) is 3.55. The van der Waals surface area contributed by atoms with Crippen molar-refractivity contribution >= 4 is 28.5 Å². The molecule has 30 heavy (non-hydrogen) atoms. The quantitative estimate of drug-likeness (QED) is 0.545. The van der Waals surface area contributed by atoms with Gasteiger partial charge >= 0.3 is 6.03 Å². The second-order valence-electron chi connectivity index (χ2n) is 6.85. The van der Waals surface area contributed by atoms with E-state index in [4.69, 9.17) is 5.73 Å². The van der Waals surface area contributed by atoms with E-state index in [-0.39, 0.29) is 11.7 Å². The highest BCUT2D eigenvalue weighted by molar-refractivity contribution is 6.05. The number of primary amides is 1. The first kappa shape index (κ1) is 19.1. The van der Waals surface area contributed by atoms with Gasteiger partial charge in [0, 0.05) is 37.4 Å². The zero-order chi connectivity index (χ0) is 21.3. The number of anilines is 1. The predicted octanol–water partition coefficient (Wildman–Crippen LogP) is 2.67. The van der Waals surface area contributed by atoms with Crippen molar-refractivity contribution in [3.63, 3.8) is 0 Å². The van der Waals surface area contributed by atoms with Gasteiger partial charge in [0.25, 0.3) is 5.91 Å². The van der Waals surface area contributed by atoms with Gasteiger partial charge in [-0.25, -0.2) is 9.48 Å². The maximum absolute atomic E-state index is 12.0. The van der Waals surface area contributed by atoms with Crippen molar-refractivity contribution < 1.29 is 9.59 Å². The van der Waals surface area contributed by atoms with Crippen LogP contribution in [0.1, 0.15) is 10.5 Å². The monoisotopic (exact) mass is 401 g/mol. The number of carbonyl (C=O) groups excluding carboxylic acids is 2. The van der Waals surface area contributed by atoms with Crippen LogP contribution in [0.25, 0.3) is 27.7 Å². The molecule has 0 aliphatic heterocycles. The topological polar surface area (TPSA) is 119 Å². The number of fused-ring (bicyclic) bond motifs is 1. The van der Waals surface area contributed by atoms with Gasteiger partial charge in [0.2, 0.25) is 0 Å². The number of amides is 3. The van der Waals surface area contributed by atoms with Gasteiger partial charge in [0.15, 0.2) is 5.69 Å². The van der Waals surface area contributed by atoms with Crippen LogP contribution in [0.4, 0.5) is 10.5 Å². The van der Waals surface area contributed by atoms with Crippen molar-refractivity contribution in [3.8, 4) is 16.8 Å². The van der Waals surface area contributed by atoms with E-state index in [0.29, 0.717) is 11.1 Å². The van der Waals surface area contributed by atoms with E-state index in [1.165, 1.54) is 4.90 Å². The SMILES string of the molecule is CN(C)C(=O)Nc1cncc(-c2ccc3c(c2)c(C(N)=O)nn3-c2cccnc2)c1. The van der Waals surface area contributed by atoms with Crippen LogP contribution in [-0.4, -0.2) is 50.7 Å². The van der Waals surface area contributed by atoms with E-state index in [0.717, 1.165) is 22.3 Å². The molecule has 1 aromatic carbocycles. The average Bonchev–Trinajstić information content (AvgIpc) is 3.13. The summed E-state index contributed by atoms with van der Waals surface area (Å²) in [5, 5.41) is 7.78. The highest BCUT2D eigenvalue weighted by Crippen LogP contribution is 2.29. The van der Waals surface area contributed by atoms with Crippen LogP contribution >= 0.6 is 0 Å². The minimum absolute atomic E-state index is 0.167. The molecule has 9 nitrogen and oxygen atoms in total. The molecule has 0 fully saturated rings. The number of benzene rings is 1. The highest BCUT2D eigenvalue weighted by atomic mass is 16.2. The molecule has 4 aromatic rings. The lowest BCUT2D eigenvalue weighted by atomic mass is 10.0. The number of rotatable bonds is 4. The molecule has 3 aromatic heterocycles. The highest BCUT2D eigenvalue weighted by Gasteiger charge is 2.17. The lowest BCUT2D eigenvalue weighted by molar-refractivity contribution is 0.0996. The Hall–Kier alpha value is -4.27. The van der Waals surface area contributed by atoms with Gasteiger partial charge in [-0.1, -0.05) is 6.07 Å². The summed E-state index contributed by atoms with van der Waals surface area (Å²) in [4.78, 5) is 33.7. The maximum atomic E-state index is 12.0. The summed E-state index contributed by atoms with van der Waals surface area (Å²) >= 11 is 0. The summed E-state index contributed by atoms with van der Waals surface area (Å²) in [6, 6.07) is 10.8. The molecule has 0 radical (unpaired) electrons. The maximum Gasteiger partial charge on any atom is 0.321 e. The van der Waals surface area contributed by atoms with Crippen molar-refractivity contribution in [2.45, 2.75) is 0 Å². The minimum Gasteiger partial charge on any atom is -0.364 e. The Labute approximate surface area is 172 Å². The van der Waals surface area contributed by atoms with Crippen LogP contribution in [-0.2, 0) is 0 Å². The van der Waals surface area contributed by atoms with Gasteiger partial charge in [-0.3, -0.25) is 14.8 Å². The van der Waals surface area contributed by atoms with Crippen molar-refractivity contribution in [2.75, 3.05) is 19.4 Å². The van der Waals surface area contributed by atoms with E-state index in [2.05, 4.69) is 20.4 Å². The van der Waals surface area contributed by atoms with E-state index >= 15 is 0 Å². The third-order valence-electron chi connectivity index (χ3n) is 4.53. The first-order valence-corrected chi connectivity index (χ1v) is 9.11. The number of carbonyl (C=O) groups is 2. The Morgan fingerprint density at radius 3 is 2.57 bits per heavy atom. The van der Waals surface area contributed by atoms with Crippen LogP contribution in [0, 0.1) is 0 Å². The van der Waals surface area contributed by atoms with Gasteiger partial charge in [0.05, 0.1) is 29.3 Å². The predicted molar refractivity (Wildman–Crippen MR) is 113 cm³/mol. The Kier molecular flexibility index (Phi) is 4.85. The van der Waals surface area contributed by atoms with Gasteiger partial charge in [-0.05, 0) is 35.9 Å². The number of urea groups is 1. The minimum atomic E-state index is -0.620. The summed E-state index contributed by atoms with van der Waals surface area (Å²) in [6.45, 7) is 0. The first-order valence-electron chi connectivity index (χ1n) is 9.11. The molecule has 0 bridgehead atoms. The second-order valence-corrected chi connectivity index (χ2v) is 6.85. The zero-order valence-corrected chi connectivity index (χ0v) is 16.4. The molecule has 0 saturated carbocycles. The number of nitrogens with one attached hydrogen (secondary N) is 1. The standard InChI is InChI=1S/C21H19N7O2/c1-27(2)21(30)25-15-8-14(10-24-11-15)13-5-6-18-17(9-13)19(20(22)29)26-28(18)16-4-3-7-23-12-16/h3-12H,1-2H3,(H2,22,29)(H,25,30). The molecule has 4 rings (SSSR count). The Balaban J connectivity index is 1.80. The van der Waals surface area contributed by atoms with Gasteiger partial charge < -0.3 is 16.0 Å². The van der Waals surface area contributed by atoms with Crippen LogP contribution in [0.2, 0.25) is 0 Å². The normalized spacial score (nSPS) is 10.7. The summed E-state index contributed by atoms with van der Waals surface area (Å²) in [5.74, 6) is -0.620. The third-order valence-corrected chi connectivity index (χ3v) is 4.53. The molecular formula is C21H19N7O2. The summed E-state index contributed by atoms with van der Waals surface area (Å²) in [7, 11) is 3.32. The number of nitrogens with zero attached hydrogens (tertiary/aromatic N) is 5. The molecule has 0 unspecified atom stereocenters. The zero-order valence-electron chi connectivity index (χ0n) is 16.4. The Bertz CT molecular complexity index is 1250. The van der Waals surface area contributed by atoms with Gasteiger partial charge in [-0.15, -0.1) is 0 Å². The fraction of sp³-hybridized carbons (Fsp3) is 0.0952. The largest absolute Gasteiger partial charge is 0.364 e. The molecule has 9 heteroatoms. The Morgan fingerprint density at radius 1 is 1.03 bits per heavy atom. The molecule has 3 amide bonds. The molecule has 0 aliphatic carbocycles. The molecule has 0 saturated heterocycles. The smallest absolute Gasteiger partial charge is 0.321 e. The molecule has 3 heterocycles. The molecule has 0 spiro atoms. The number of pyridine rings is 2. The number of hydrogen-bond acceptors (Lipinski definition) is 5. The number of aromatic nitrogens is 4. The fourth-order valence-electron chi connectivity index (χ4n) is 3.06. The summed E-state index contributed by atoms with van der Waals surface area (Å²) < 4.78 is 1.64. The van der Waals surface area contributed by atoms with Gasteiger partial charge in [0.1, 0.15) is 0 Å². The van der Waals surface area contributed by atoms with Crippen molar-refractivity contribution in [2.24, 2.45) is 5.73 Å². The van der Waals surface area contributed by atoms with Crippen LogP contribution in [0.15, 0.2) is 61.2 Å². The van der Waals surface area contributed by atoms with Crippen molar-refractivity contribution in [3.05, 3.63) is 66.9 Å². The van der Waals surface area contributed by atoms with E-state index in [1.54, 1.807) is 49.6 Å². The van der Waals surface area contributed by atoms with E-state index < -0.39 is 5.91 Å². The average molecular weight is 401 g/mol. The molecule has 0 atom stereocenters. The Morgan fingerprint density at radius 2 is 1.87 bits per heavy atom. The number of hydrogen-bond donors (Lipinski definition) is 2. The fourth-order valence-corrected chi connectivity index (χ4v) is 3.06. The van der Waals surface area contributed by atoms with Crippen LogP contribution in [0.3, 0.4) is 0 Å². The summed E-state index contributed by atoms with van der Waals surface area (Å²) in [5.41, 5.74) is 9.34. The summed E-state index contributed by atoms with van der Waals surface area (Å²) in [6.07, 6.45) is 6.57. The lowest BCUT2D eigenvalue weighted by Gasteiger charge is -2.12. The van der Waals surface area contributed by atoms with Crippen LogP contribution in [0.5, 0.6) is 0 Å². The van der Waals surface area contributed by atoms with E-state index in [1.807, 2.05) is 30.3 Å². The molecule has 0 aliphatic rings. The second kappa shape index (κ2) is 7.63. The first-order chi connectivity index (χ1) is 14.4. The molecule has 150 valence electrons. The lowest BCUT2D eigenvalue weighted by Crippen LogP contribution is -2.27. The van der Waals surface area contributed by atoms with Crippen LogP contribution < -0.4 is 11.1 Å². The number of nitrogens with two attached hydrogens (primary N) is 1. The van der Waals surface area contributed by atoms with Crippen molar-refractivity contribution in [1.29, 1.82) is 0 Å². The molecular weight excluding hydrogens is 382 g/mol. The van der Waals surface area contributed by atoms with E-state index in [9.17, 15) is 9.59 Å². The van der Waals surface area contributed by atoms with Gasteiger partial charge in [-0.2, -0.15) is 5.10 Å². The van der Waals surface area contributed by atoms with Crippen molar-refractivity contribution in [1.82, 2.24) is 24.6 Å².